The highest BCUT2D eigenvalue weighted by molar-refractivity contribution is 6.15. The first-order valence-electron chi connectivity index (χ1n) is 19.8. The Morgan fingerprint density at radius 1 is 0.396 bits per heavy atom. The molecule has 0 radical (unpaired) electrons. The van der Waals surface area contributed by atoms with Crippen molar-refractivity contribution in [3.63, 3.8) is 0 Å². The van der Waals surface area contributed by atoms with Gasteiger partial charge in [0.1, 0.15) is 0 Å². The van der Waals surface area contributed by atoms with Gasteiger partial charge in [-0.25, -0.2) is 0 Å². The molecule has 0 unspecified atom stereocenters. The van der Waals surface area contributed by atoms with Crippen LogP contribution in [0.5, 0.6) is 0 Å². The summed E-state index contributed by atoms with van der Waals surface area (Å²) in [7, 11) is 0. The van der Waals surface area contributed by atoms with E-state index in [1.165, 1.54) is 114 Å². The van der Waals surface area contributed by atoms with Crippen LogP contribution in [-0.2, 0) is 5.41 Å². The fourth-order valence-electron chi connectivity index (χ4n) is 12.6. The van der Waals surface area contributed by atoms with E-state index in [9.17, 15) is 0 Å². The molecule has 252 valence electrons. The average molecular weight is 678 g/mol. The van der Waals surface area contributed by atoms with E-state index in [2.05, 4.69) is 156 Å². The summed E-state index contributed by atoms with van der Waals surface area (Å²) in [6, 6.07) is 58.1. The van der Waals surface area contributed by atoms with Crippen molar-refractivity contribution in [1.29, 1.82) is 0 Å². The molecule has 4 saturated carbocycles. The first-order chi connectivity index (χ1) is 26.2. The van der Waals surface area contributed by atoms with Gasteiger partial charge in [-0.2, -0.15) is 0 Å². The third-order valence-electron chi connectivity index (χ3n) is 14.5. The van der Waals surface area contributed by atoms with E-state index in [0.717, 1.165) is 23.7 Å². The van der Waals surface area contributed by atoms with Crippen molar-refractivity contribution in [1.82, 2.24) is 4.57 Å². The maximum atomic E-state index is 2.69. The molecule has 14 rings (SSSR count). The van der Waals surface area contributed by atoms with Crippen LogP contribution in [0.4, 0.5) is 0 Å². The molecule has 9 aromatic rings. The summed E-state index contributed by atoms with van der Waals surface area (Å²) in [6.07, 6.45) is 7.10. The minimum atomic E-state index is 0.153. The predicted octanol–water partition coefficient (Wildman–Crippen LogP) is 13.6. The van der Waals surface area contributed by atoms with Crippen LogP contribution < -0.4 is 0 Å². The third-order valence-corrected chi connectivity index (χ3v) is 14.5. The average Bonchev–Trinajstić information content (AvgIpc) is 3.67. The van der Waals surface area contributed by atoms with Gasteiger partial charge in [-0.1, -0.05) is 109 Å². The third kappa shape index (κ3) is 3.78. The van der Waals surface area contributed by atoms with Gasteiger partial charge in [-0.15, -0.1) is 0 Å². The molecule has 0 N–H and O–H groups in total. The van der Waals surface area contributed by atoms with Gasteiger partial charge in [-0.3, -0.25) is 0 Å². The quantitative estimate of drug-likeness (QED) is 0.161. The first-order valence-corrected chi connectivity index (χ1v) is 19.8. The maximum absolute atomic E-state index is 2.69. The second kappa shape index (κ2) is 10.3. The molecule has 0 saturated heterocycles. The summed E-state index contributed by atoms with van der Waals surface area (Å²) in [5.74, 6) is 3.38. The van der Waals surface area contributed by atoms with Crippen molar-refractivity contribution in [2.75, 3.05) is 0 Å². The highest BCUT2D eigenvalue weighted by atomic mass is 15.0. The number of hydrogen-bond donors (Lipinski definition) is 0. The Kier molecular flexibility index (Phi) is 5.59. The molecule has 4 fully saturated rings. The van der Waals surface area contributed by atoms with E-state index < -0.39 is 0 Å². The first kappa shape index (κ1) is 28.9. The fourth-order valence-corrected chi connectivity index (χ4v) is 12.6. The zero-order valence-corrected chi connectivity index (χ0v) is 29.7. The molecule has 4 bridgehead atoms. The van der Waals surface area contributed by atoms with Gasteiger partial charge in [0, 0.05) is 21.9 Å². The summed E-state index contributed by atoms with van der Waals surface area (Å²) in [5.41, 5.74) is 12.7. The van der Waals surface area contributed by atoms with Gasteiger partial charge in [0.25, 0.3) is 0 Å². The molecule has 5 aliphatic rings. The number of benzene rings is 8. The molecule has 0 amide bonds. The Morgan fingerprint density at radius 3 is 1.91 bits per heavy atom. The second-order valence-corrected chi connectivity index (χ2v) is 17.0. The number of fused-ring (bicyclic) bond motifs is 10. The molecular formula is C52H39N. The standard InChI is InChI=1S/C52H39N/c1-2-10-36-28-50-46(27-35(36)9-1)47-29-49-45(44-14-5-6-15-48(44)52(49)39-21-31-20-32(23-39)24-40(52)22-31)30-51(47)53(50)41-12-7-11-34(26-41)37-18-19-43-38(25-37)17-16-33-8-3-4-13-42(33)43/h1-19,25-32,39-40H,20-24H2. The topological polar surface area (TPSA) is 4.93 Å². The zero-order chi connectivity index (χ0) is 34.4. The van der Waals surface area contributed by atoms with Crippen LogP contribution in [0, 0.1) is 23.7 Å². The van der Waals surface area contributed by atoms with Gasteiger partial charge in [-0.05, 0) is 164 Å². The van der Waals surface area contributed by atoms with Crippen LogP contribution >= 0.6 is 0 Å². The lowest BCUT2D eigenvalue weighted by Crippen LogP contribution is -2.55. The predicted molar refractivity (Wildman–Crippen MR) is 222 cm³/mol. The fraction of sp³-hybridized carbons (Fsp3) is 0.192. The van der Waals surface area contributed by atoms with E-state index >= 15 is 0 Å². The Balaban J connectivity index is 1.06. The molecule has 1 spiro atoms. The molecule has 1 aromatic heterocycles. The Bertz CT molecular complexity index is 3000. The monoisotopic (exact) mass is 677 g/mol. The molecule has 1 heteroatoms. The van der Waals surface area contributed by atoms with Gasteiger partial charge < -0.3 is 4.57 Å². The van der Waals surface area contributed by atoms with Crippen LogP contribution in [0.15, 0.2) is 152 Å². The molecule has 1 nitrogen and oxygen atoms in total. The molecule has 5 aliphatic carbocycles. The Labute approximate surface area is 309 Å². The maximum Gasteiger partial charge on any atom is 0.0547 e. The van der Waals surface area contributed by atoms with Crippen molar-refractivity contribution in [3.8, 4) is 27.9 Å². The van der Waals surface area contributed by atoms with Crippen molar-refractivity contribution in [2.24, 2.45) is 23.7 Å². The van der Waals surface area contributed by atoms with Gasteiger partial charge >= 0.3 is 0 Å². The van der Waals surface area contributed by atoms with Crippen LogP contribution in [0.25, 0.3) is 82.1 Å². The lowest BCUT2D eigenvalue weighted by Gasteiger charge is -2.61. The van der Waals surface area contributed by atoms with Crippen molar-refractivity contribution < 1.29 is 0 Å². The van der Waals surface area contributed by atoms with Crippen LogP contribution in [-0.4, -0.2) is 4.57 Å². The summed E-state index contributed by atoms with van der Waals surface area (Å²) < 4.78 is 2.57. The van der Waals surface area contributed by atoms with E-state index in [0.29, 0.717) is 0 Å². The summed E-state index contributed by atoms with van der Waals surface area (Å²) >= 11 is 0. The lowest BCUT2D eigenvalue weighted by atomic mass is 9.43. The van der Waals surface area contributed by atoms with Gasteiger partial charge in [0.05, 0.1) is 11.0 Å². The summed E-state index contributed by atoms with van der Waals surface area (Å²) in [4.78, 5) is 0. The summed E-state index contributed by atoms with van der Waals surface area (Å²) in [5, 5.41) is 10.5. The van der Waals surface area contributed by atoms with Crippen LogP contribution in [0.2, 0.25) is 0 Å². The zero-order valence-electron chi connectivity index (χ0n) is 29.7. The SMILES string of the molecule is c1cc(-c2ccc3c(ccc4ccccc43)c2)cc(-n2c3cc4c(cc3c3cc5ccccc5cc32)C2(c3ccccc3-4)C3CC4CC(C3)CC2C4)c1. The lowest BCUT2D eigenvalue weighted by molar-refractivity contribution is -0.0399. The smallest absolute Gasteiger partial charge is 0.0547 e. The van der Waals surface area contributed by atoms with E-state index in [1.54, 1.807) is 11.1 Å². The number of aromatic nitrogens is 1. The second-order valence-electron chi connectivity index (χ2n) is 17.0. The van der Waals surface area contributed by atoms with Gasteiger partial charge in [0.2, 0.25) is 0 Å². The van der Waals surface area contributed by atoms with Crippen LogP contribution in [0.3, 0.4) is 0 Å². The minimum absolute atomic E-state index is 0.153. The molecule has 8 aromatic carbocycles. The molecule has 0 atom stereocenters. The largest absolute Gasteiger partial charge is 0.309 e. The highest BCUT2D eigenvalue weighted by Crippen LogP contribution is 2.69. The Hall–Kier alpha value is -5.66. The van der Waals surface area contributed by atoms with Crippen LogP contribution in [0.1, 0.15) is 43.2 Å². The molecule has 53 heavy (non-hydrogen) atoms. The number of nitrogens with zero attached hydrogens (tertiary/aromatic N) is 1. The van der Waals surface area contributed by atoms with Crippen molar-refractivity contribution in [3.05, 3.63) is 163 Å². The number of rotatable bonds is 2. The Morgan fingerprint density at radius 2 is 1.06 bits per heavy atom. The van der Waals surface area contributed by atoms with E-state index in [-0.39, 0.29) is 5.41 Å². The normalized spacial score (nSPS) is 23.9. The van der Waals surface area contributed by atoms with Crippen molar-refractivity contribution >= 4 is 54.1 Å². The molecule has 1 heterocycles. The van der Waals surface area contributed by atoms with E-state index in [4.69, 9.17) is 0 Å². The van der Waals surface area contributed by atoms with Gasteiger partial charge in [0.15, 0.2) is 0 Å². The number of hydrogen-bond acceptors (Lipinski definition) is 0. The molecular weight excluding hydrogens is 639 g/mol. The van der Waals surface area contributed by atoms with Crippen molar-refractivity contribution in [2.45, 2.75) is 37.5 Å². The minimum Gasteiger partial charge on any atom is -0.309 e. The van der Waals surface area contributed by atoms with E-state index in [1.807, 2.05) is 0 Å². The molecule has 0 aliphatic heterocycles. The summed E-state index contributed by atoms with van der Waals surface area (Å²) in [6.45, 7) is 0. The highest BCUT2D eigenvalue weighted by Gasteiger charge is 2.61.